The minimum atomic E-state index is -3.68. The van der Waals surface area contributed by atoms with Crippen molar-refractivity contribution >= 4 is 21.6 Å². The van der Waals surface area contributed by atoms with Crippen molar-refractivity contribution in [3.63, 3.8) is 0 Å². The largest absolute Gasteiger partial charge is 0.378 e. The third kappa shape index (κ3) is 7.11. The molecule has 2 aromatic carbocycles. The van der Waals surface area contributed by atoms with Crippen molar-refractivity contribution in [3.8, 4) is 0 Å². The van der Waals surface area contributed by atoms with E-state index in [1.54, 1.807) is 0 Å². The summed E-state index contributed by atoms with van der Waals surface area (Å²) >= 11 is 0. The van der Waals surface area contributed by atoms with Crippen LogP contribution < -0.4 is 10.2 Å². The standard InChI is InChI=1S/C22H30FN3O3S/c1-25(2)20-12-8-18(9-13-20)6-4-16-24-22(27)7-5-17-26(3)30(28,29)21-14-10-19(23)11-15-21/h8-15H,4-7,16-17H2,1-3H3,(H,24,27). The van der Waals surface area contributed by atoms with Crippen molar-refractivity contribution in [2.24, 2.45) is 0 Å². The molecule has 1 N–H and O–H groups in total. The highest BCUT2D eigenvalue weighted by atomic mass is 32.2. The molecule has 0 bridgehead atoms. The summed E-state index contributed by atoms with van der Waals surface area (Å²) in [4.78, 5) is 14.1. The number of hydrogen-bond acceptors (Lipinski definition) is 4. The molecule has 0 heterocycles. The second-order valence-electron chi connectivity index (χ2n) is 7.40. The molecule has 2 rings (SSSR count). The molecule has 0 aromatic heterocycles. The van der Waals surface area contributed by atoms with E-state index in [0.717, 1.165) is 30.7 Å². The Balaban J connectivity index is 1.66. The van der Waals surface area contributed by atoms with E-state index < -0.39 is 15.8 Å². The molecule has 0 saturated carbocycles. The van der Waals surface area contributed by atoms with Gasteiger partial charge >= 0.3 is 0 Å². The number of nitrogens with one attached hydrogen (secondary N) is 1. The molecule has 1 amide bonds. The van der Waals surface area contributed by atoms with Gasteiger partial charge in [-0.3, -0.25) is 4.79 Å². The van der Waals surface area contributed by atoms with Gasteiger partial charge in [0, 0.05) is 46.3 Å². The van der Waals surface area contributed by atoms with Gasteiger partial charge in [-0.2, -0.15) is 0 Å². The highest BCUT2D eigenvalue weighted by molar-refractivity contribution is 7.89. The number of aryl methyl sites for hydroxylation is 1. The van der Waals surface area contributed by atoms with Gasteiger partial charge in [-0.1, -0.05) is 12.1 Å². The number of benzene rings is 2. The predicted octanol–water partition coefficient (Wildman–Crippen LogP) is 3.04. The molecular weight excluding hydrogens is 405 g/mol. The lowest BCUT2D eigenvalue weighted by atomic mass is 10.1. The maximum Gasteiger partial charge on any atom is 0.242 e. The molecule has 8 heteroatoms. The Labute approximate surface area is 178 Å². The Morgan fingerprint density at radius 2 is 1.60 bits per heavy atom. The fourth-order valence-corrected chi connectivity index (χ4v) is 4.15. The van der Waals surface area contributed by atoms with Gasteiger partial charge in [0.2, 0.25) is 15.9 Å². The average molecular weight is 436 g/mol. The van der Waals surface area contributed by atoms with Crippen LogP contribution in [0.2, 0.25) is 0 Å². The topological polar surface area (TPSA) is 69.7 Å². The van der Waals surface area contributed by atoms with Gasteiger partial charge in [0.15, 0.2) is 0 Å². The third-order valence-corrected chi connectivity index (χ3v) is 6.69. The molecule has 164 valence electrons. The Hall–Kier alpha value is -2.45. The second-order valence-corrected chi connectivity index (χ2v) is 9.44. The molecule has 0 fully saturated rings. The van der Waals surface area contributed by atoms with Gasteiger partial charge in [0.1, 0.15) is 5.82 Å². The van der Waals surface area contributed by atoms with E-state index in [0.29, 0.717) is 13.0 Å². The number of amides is 1. The molecule has 0 aliphatic heterocycles. The van der Waals surface area contributed by atoms with Crippen LogP contribution in [0.5, 0.6) is 0 Å². The summed E-state index contributed by atoms with van der Waals surface area (Å²) in [5, 5.41) is 2.88. The summed E-state index contributed by atoms with van der Waals surface area (Å²) in [6, 6.07) is 13.0. The van der Waals surface area contributed by atoms with E-state index in [9.17, 15) is 17.6 Å². The molecule has 0 aliphatic carbocycles. The Kier molecular flexibility index (Phi) is 8.80. The first-order valence-electron chi connectivity index (χ1n) is 9.95. The molecule has 2 aromatic rings. The molecule has 0 radical (unpaired) electrons. The predicted molar refractivity (Wildman–Crippen MR) is 118 cm³/mol. The van der Waals surface area contributed by atoms with E-state index in [4.69, 9.17) is 0 Å². The van der Waals surface area contributed by atoms with Crippen LogP contribution in [-0.2, 0) is 21.2 Å². The summed E-state index contributed by atoms with van der Waals surface area (Å²) in [5.41, 5.74) is 2.38. The number of halogens is 1. The van der Waals surface area contributed by atoms with Crippen molar-refractivity contribution in [1.29, 1.82) is 0 Å². The van der Waals surface area contributed by atoms with Gasteiger partial charge in [-0.05, 0) is 61.2 Å². The fraction of sp³-hybridized carbons (Fsp3) is 0.409. The minimum Gasteiger partial charge on any atom is -0.378 e. The third-order valence-electron chi connectivity index (χ3n) is 4.82. The molecule has 0 aliphatic rings. The monoisotopic (exact) mass is 435 g/mol. The van der Waals surface area contributed by atoms with Crippen LogP contribution in [-0.4, -0.2) is 52.9 Å². The fourth-order valence-electron chi connectivity index (χ4n) is 2.94. The molecule has 0 unspecified atom stereocenters. The Morgan fingerprint density at radius 1 is 0.967 bits per heavy atom. The zero-order valence-corrected chi connectivity index (χ0v) is 18.6. The van der Waals surface area contributed by atoms with Crippen molar-refractivity contribution in [2.75, 3.05) is 39.1 Å². The minimum absolute atomic E-state index is 0.0365. The van der Waals surface area contributed by atoms with Crippen LogP contribution in [0.1, 0.15) is 24.8 Å². The summed E-state index contributed by atoms with van der Waals surface area (Å²) in [5.74, 6) is -0.579. The summed E-state index contributed by atoms with van der Waals surface area (Å²) < 4.78 is 39.0. The Bertz CT molecular complexity index is 914. The van der Waals surface area contributed by atoms with Crippen LogP contribution in [0.25, 0.3) is 0 Å². The Morgan fingerprint density at radius 3 is 2.20 bits per heavy atom. The van der Waals surface area contributed by atoms with Gasteiger partial charge < -0.3 is 10.2 Å². The molecule has 0 saturated heterocycles. The average Bonchev–Trinajstić information content (AvgIpc) is 2.71. The van der Waals surface area contributed by atoms with E-state index in [1.165, 1.54) is 29.0 Å². The van der Waals surface area contributed by atoms with E-state index in [1.807, 2.05) is 19.0 Å². The maximum atomic E-state index is 13.0. The molecule has 0 spiro atoms. The van der Waals surface area contributed by atoms with Crippen molar-refractivity contribution in [2.45, 2.75) is 30.6 Å². The van der Waals surface area contributed by atoms with Gasteiger partial charge in [0.25, 0.3) is 0 Å². The van der Waals surface area contributed by atoms with Gasteiger partial charge in [-0.25, -0.2) is 17.1 Å². The SMILES string of the molecule is CN(C)c1ccc(CCCNC(=O)CCCN(C)S(=O)(=O)c2ccc(F)cc2)cc1. The molecule has 30 heavy (non-hydrogen) atoms. The highest BCUT2D eigenvalue weighted by Crippen LogP contribution is 2.15. The first-order chi connectivity index (χ1) is 14.2. The smallest absolute Gasteiger partial charge is 0.242 e. The first kappa shape index (κ1) is 23.8. The number of carbonyl (C=O) groups is 1. The second kappa shape index (κ2) is 11.1. The maximum absolute atomic E-state index is 13.0. The normalized spacial score (nSPS) is 11.5. The number of rotatable bonds is 11. The number of carbonyl (C=O) groups excluding carboxylic acids is 1. The zero-order valence-electron chi connectivity index (χ0n) is 17.8. The lowest BCUT2D eigenvalue weighted by molar-refractivity contribution is -0.121. The lowest BCUT2D eigenvalue weighted by Gasteiger charge is -2.17. The van der Waals surface area contributed by atoms with Gasteiger partial charge in [0.05, 0.1) is 4.90 Å². The summed E-state index contributed by atoms with van der Waals surface area (Å²) in [6.45, 7) is 0.795. The van der Waals surface area contributed by atoms with E-state index >= 15 is 0 Å². The number of hydrogen-bond donors (Lipinski definition) is 1. The molecule has 0 atom stereocenters. The van der Waals surface area contributed by atoms with E-state index in [-0.39, 0.29) is 23.8 Å². The quantitative estimate of drug-likeness (QED) is 0.551. The van der Waals surface area contributed by atoms with Crippen molar-refractivity contribution in [3.05, 3.63) is 59.9 Å². The molecule has 6 nitrogen and oxygen atoms in total. The van der Waals surface area contributed by atoms with Crippen molar-refractivity contribution < 1.29 is 17.6 Å². The van der Waals surface area contributed by atoms with Crippen molar-refractivity contribution in [1.82, 2.24) is 9.62 Å². The van der Waals surface area contributed by atoms with Crippen LogP contribution in [0, 0.1) is 5.82 Å². The summed E-state index contributed by atoms with van der Waals surface area (Å²) in [7, 11) is 1.78. The molecular formula is C22H30FN3O3S. The van der Waals surface area contributed by atoms with E-state index in [2.05, 4.69) is 29.6 Å². The number of sulfonamides is 1. The highest BCUT2D eigenvalue weighted by Gasteiger charge is 2.20. The zero-order chi connectivity index (χ0) is 22.1. The number of nitrogens with zero attached hydrogens (tertiary/aromatic N) is 2. The number of anilines is 1. The first-order valence-corrected chi connectivity index (χ1v) is 11.4. The van der Waals surface area contributed by atoms with Gasteiger partial charge in [-0.15, -0.1) is 0 Å². The van der Waals surface area contributed by atoms with Crippen LogP contribution in [0.15, 0.2) is 53.4 Å². The summed E-state index contributed by atoms with van der Waals surface area (Å²) in [6.07, 6.45) is 2.38. The lowest BCUT2D eigenvalue weighted by Crippen LogP contribution is -2.30. The van der Waals surface area contributed by atoms with Crippen LogP contribution in [0.3, 0.4) is 0 Å². The van der Waals surface area contributed by atoms with Crippen LogP contribution >= 0.6 is 0 Å². The van der Waals surface area contributed by atoms with Crippen LogP contribution in [0.4, 0.5) is 10.1 Å².